The molecule has 0 saturated heterocycles. The quantitative estimate of drug-likeness (QED) is 0.692. The second kappa shape index (κ2) is 8.40. The number of benzene rings is 2. The molecule has 1 aromatic heterocycles. The van der Waals surface area contributed by atoms with Gasteiger partial charge in [-0.3, -0.25) is 9.89 Å². The number of H-pyrrole nitrogens is 1. The lowest BCUT2D eigenvalue weighted by atomic mass is 10.1. The van der Waals surface area contributed by atoms with Gasteiger partial charge in [0, 0.05) is 30.9 Å². The molecule has 0 saturated carbocycles. The van der Waals surface area contributed by atoms with Crippen LogP contribution >= 0.6 is 0 Å². The van der Waals surface area contributed by atoms with Crippen LogP contribution in [-0.2, 0) is 6.54 Å². The van der Waals surface area contributed by atoms with Gasteiger partial charge in [0.15, 0.2) is 11.5 Å². The maximum Gasteiger partial charge on any atom is 0.253 e. The van der Waals surface area contributed by atoms with Crippen molar-refractivity contribution in [3.05, 3.63) is 65.9 Å². The summed E-state index contributed by atoms with van der Waals surface area (Å²) >= 11 is 0. The van der Waals surface area contributed by atoms with E-state index in [1.165, 1.54) is 0 Å². The first-order valence-electron chi connectivity index (χ1n) is 8.78. The molecule has 3 rings (SSSR count). The molecular weight excluding hydrogens is 342 g/mol. The molecule has 0 aliphatic rings. The third-order valence-electron chi connectivity index (χ3n) is 4.27. The molecule has 0 spiro atoms. The number of rotatable bonds is 7. The zero-order chi connectivity index (χ0) is 19.2. The number of carbonyl (C=O) groups is 1. The summed E-state index contributed by atoms with van der Waals surface area (Å²) in [5.41, 5.74) is 3.43. The highest BCUT2D eigenvalue weighted by atomic mass is 16.5. The van der Waals surface area contributed by atoms with Crippen LogP contribution in [0.2, 0.25) is 0 Å². The average Bonchev–Trinajstić information content (AvgIpc) is 3.23. The lowest BCUT2D eigenvalue weighted by Crippen LogP contribution is -2.26. The zero-order valence-corrected chi connectivity index (χ0v) is 15.7. The molecule has 0 unspecified atom stereocenters. The van der Waals surface area contributed by atoms with Crippen molar-refractivity contribution in [3.63, 3.8) is 0 Å². The van der Waals surface area contributed by atoms with Crippen LogP contribution in [-0.4, -0.2) is 41.8 Å². The minimum Gasteiger partial charge on any atom is -0.493 e. The number of para-hydroxylation sites is 1. The molecule has 3 aromatic rings. The summed E-state index contributed by atoms with van der Waals surface area (Å²) in [6.45, 7) is 2.88. The van der Waals surface area contributed by atoms with Crippen molar-refractivity contribution >= 4 is 5.91 Å². The second-order valence-electron chi connectivity index (χ2n) is 6.09. The fourth-order valence-corrected chi connectivity index (χ4v) is 2.91. The van der Waals surface area contributed by atoms with Gasteiger partial charge in [-0.05, 0) is 36.8 Å². The van der Waals surface area contributed by atoms with E-state index in [0.717, 1.165) is 16.8 Å². The highest BCUT2D eigenvalue weighted by Gasteiger charge is 2.16. The first-order valence-corrected chi connectivity index (χ1v) is 8.78. The van der Waals surface area contributed by atoms with Crippen LogP contribution in [0.3, 0.4) is 0 Å². The SMILES string of the molecule is CCOc1c(CN(C)C(=O)c2ccc(-c3ccn[nH]3)cc2)cccc1OC. The highest BCUT2D eigenvalue weighted by molar-refractivity contribution is 5.94. The molecule has 0 aliphatic carbocycles. The molecule has 6 nitrogen and oxygen atoms in total. The molecule has 0 atom stereocenters. The number of aromatic nitrogens is 2. The van der Waals surface area contributed by atoms with Gasteiger partial charge in [-0.1, -0.05) is 24.3 Å². The van der Waals surface area contributed by atoms with E-state index in [1.807, 2.05) is 55.5 Å². The molecule has 6 heteroatoms. The van der Waals surface area contributed by atoms with Crippen molar-refractivity contribution in [2.75, 3.05) is 20.8 Å². The average molecular weight is 365 g/mol. The van der Waals surface area contributed by atoms with E-state index in [9.17, 15) is 4.79 Å². The van der Waals surface area contributed by atoms with Crippen LogP contribution in [0, 0.1) is 0 Å². The van der Waals surface area contributed by atoms with Crippen molar-refractivity contribution in [2.24, 2.45) is 0 Å². The minimum absolute atomic E-state index is 0.0589. The third kappa shape index (κ3) is 4.11. The maximum atomic E-state index is 12.8. The molecule has 27 heavy (non-hydrogen) atoms. The maximum absolute atomic E-state index is 12.8. The lowest BCUT2D eigenvalue weighted by Gasteiger charge is -2.20. The third-order valence-corrected chi connectivity index (χ3v) is 4.27. The first-order chi connectivity index (χ1) is 13.1. The molecule has 0 fully saturated rings. The minimum atomic E-state index is -0.0589. The van der Waals surface area contributed by atoms with Gasteiger partial charge < -0.3 is 14.4 Å². The zero-order valence-electron chi connectivity index (χ0n) is 15.7. The smallest absolute Gasteiger partial charge is 0.253 e. The largest absolute Gasteiger partial charge is 0.493 e. The van der Waals surface area contributed by atoms with Crippen LogP contribution in [0.4, 0.5) is 0 Å². The Morgan fingerprint density at radius 1 is 1.15 bits per heavy atom. The normalized spacial score (nSPS) is 10.5. The van der Waals surface area contributed by atoms with Gasteiger partial charge in [0.05, 0.1) is 19.4 Å². The van der Waals surface area contributed by atoms with Gasteiger partial charge >= 0.3 is 0 Å². The number of aromatic amines is 1. The van der Waals surface area contributed by atoms with Crippen LogP contribution in [0.1, 0.15) is 22.8 Å². The standard InChI is InChI=1S/C21H23N3O3/c1-4-27-20-17(6-5-7-19(20)26-3)14-24(2)21(25)16-10-8-15(9-11-16)18-12-13-22-23-18/h5-13H,4,14H2,1-3H3,(H,22,23). The Labute approximate surface area is 158 Å². The van der Waals surface area contributed by atoms with Gasteiger partial charge in [-0.15, -0.1) is 0 Å². The van der Waals surface area contributed by atoms with Gasteiger partial charge in [-0.2, -0.15) is 5.10 Å². The number of nitrogens with zero attached hydrogens (tertiary/aromatic N) is 2. The summed E-state index contributed by atoms with van der Waals surface area (Å²) in [5.74, 6) is 1.28. The monoisotopic (exact) mass is 365 g/mol. The molecule has 0 radical (unpaired) electrons. The summed E-state index contributed by atoms with van der Waals surface area (Å²) < 4.78 is 11.1. The van der Waals surface area contributed by atoms with Crippen molar-refractivity contribution in [1.29, 1.82) is 0 Å². The van der Waals surface area contributed by atoms with E-state index >= 15 is 0 Å². The molecule has 1 N–H and O–H groups in total. The van der Waals surface area contributed by atoms with Crippen molar-refractivity contribution < 1.29 is 14.3 Å². The Morgan fingerprint density at radius 3 is 2.56 bits per heavy atom. The summed E-state index contributed by atoms with van der Waals surface area (Å²) in [7, 11) is 3.39. The molecule has 140 valence electrons. The van der Waals surface area contributed by atoms with Crippen LogP contribution in [0.5, 0.6) is 11.5 Å². The fraction of sp³-hybridized carbons (Fsp3) is 0.238. The van der Waals surface area contributed by atoms with Crippen LogP contribution in [0.15, 0.2) is 54.7 Å². The van der Waals surface area contributed by atoms with Crippen LogP contribution < -0.4 is 9.47 Å². The van der Waals surface area contributed by atoms with E-state index in [0.29, 0.717) is 30.2 Å². The summed E-state index contributed by atoms with van der Waals surface area (Å²) in [5, 5.41) is 6.86. The van der Waals surface area contributed by atoms with Gasteiger partial charge in [0.25, 0.3) is 5.91 Å². The van der Waals surface area contributed by atoms with E-state index in [2.05, 4.69) is 10.2 Å². The summed E-state index contributed by atoms with van der Waals surface area (Å²) in [4.78, 5) is 14.5. The van der Waals surface area contributed by atoms with E-state index in [1.54, 1.807) is 25.3 Å². The van der Waals surface area contributed by atoms with E-state index < -0.39 is 0 Å². The molecule has 1 amide bonds. The number of methoxy groups -OCH3 is 1. The molecule has 0 bridgehead atoms. The Bertz CT molecular complexity index is 890. The highest BCUT2D eigenvalue weighted by Crippen LogP contribution is 2.32. The van der Waals surface area contributed by atoms with Crippen LogP contribution in [0.25, 0.3) is 11.3 Å². The Morgan fingerprint density at radius 2 is 1.93 bits per heavy atom. The summed E-state index contributed by atoms with van der Waals surface area (Å²) in [6, 6.07) is 15.0. The number of hydrogen-bond acceptors (Lipinski definition) is 4. The number of amides is 1. The lowest BCUT2D eigenvalue weighted by molar-refractivity contribution is 0.0784. The Hall–Kier alpha value is -3.28. The number of nitrogens with one attached hydrogen (secondary N) is 1. The van der Waals surface area contributed by atoms with Gasteiger partial charge in [0.2, 0.25) is 0 Å². The first kappa shape index (κ1) is 18.5. The molecular formula is C21H23N3O3. The Balaban J connectivity index is 1.76. The Kier molecular flexibility index (Phi) is 5.76. The molecule has 0 aliphatic heterocycles. The van der Waals surface area contributed by atoms with E-state index in [4.69, 9.17) is 9.47 Å². The fourth-order valence-electron chi connectivity index (χ4n) is 2.91. The predicted octanol–water partition coefficient (Wildman–Crippen LogP) is 3.76. The number of ether oxygens (including phenoxy) is 2. The topological polar surface area (TPSA) is 67.5 Å². The summed E-state index contributed by atoms with van der Waals surface area (Å²) in [6.07, 6.45) is 1.70. The van der Waals surface area contributed by atoms with Crippen molar-refractivity contribution in [2.45, 2.75) is 13.5 Å². The van der Waals surface area contributed by atoms with Gasteiger partial charge in [0.1, 0.15) is 0 Å². The predicted molar refractivity (Wildman–Crippen MR) is 104 cm³/mol. The molecule has 2 aromatic carbocycles. The number of hydrogen-bond donors (Lipinski definition) is 1. The van der Waals surface area contributed by atoms with Crippen molar-refractivity contribution in [3.8, 4) is 22.8 Å². The number of carbonyl (C=O) groups excluding carboxylic acids is 1. The van der Waals surface area contributed by atoms with E-state index in [-0.39, 0.29) is 5.91 Å². The second-order valence-corrected chi connectivity index (χ2v) is 6.09. The molecule has 1 heterocycles. The van der Waals surface area contributed by atoms with Crippen molar-refractivity contribution in [1.82, 2.24) is 15.1 Å². The van der Waals surface area contributed by atoms with Gasteiger partial charge in [-0.25, -0.2) is 0 Å².